The van der Waals surface area contributed by atoms with Gasteiger partial charge in [-0.25, -0.2) is 4.98 Å². The number of nitrogens with zero attached hydrogens (tertiary/aromatic N) is 1. The first-order valence-corrected chi connectivity index (χ1v) is 10.1. The van der Waals surface area contributed by atoms with Crippen LogP contribution in [0, 0.1) is 13.8 Å². The van der Waals surface area contributed by atoms with Crippen molar-refractivity contribution < 1.29 is 13.9 Å². The van der Waals surface area contributed by atoms with Crippen molar-refractivity contribution in [3.63, 3.8) is 0 Å². The van der Waals surface area contributed by atoms with Crippen molar-refractivity contribution >= 4 is 40.0 Å². The minimum atomic E-state index is -0.306. The Bertz CT molecular complexity index is 1280. The fourth-order valence-corrected chi connectivity index (χ4v) is 3.39. The van der Waals surface area contributed by atoms with Gasteiger partial charge in [-0.3, -0.25) is 10.1 Å². The minimum Gasteiger partial charge on any atom is -0.497 e. The lowest BCUT2D eigenvalue weighted by Crippen LogP contribution is -2.34. The number of carbonyl (C=O) groups excluding carboxylic acids is 1. The molecule has 7 heteroatoms. The van der Waals surface area contributed by atoms with E-state index < -0.39 is 0 Å². The summed E-state index contributed by atoms with van der Waals surface area (Å²) < 4.78 is 11.0. The summed E-state index contributed by atoms with van der Waals surface area (Å²) in [7, 11) is 1.57. The third-order valence-electron chi connectivity index (χ3n) is 5.06. The fourth-order valence-electron chi connectivity index (χ4n) is 3.18. The van der Waals surface area contributed by atoms with Crippen molar-refractivity contribution in [2.75, 3.05) is 12.4 Å². The number of nitrogens with one attached hydrogen (secondary N) is 2. The van der Waals surface area contributed by atoms with E-state index in [9.17, 15) is 4.79 Å². The van der Waals surface area contributed by atoms with Gasteiger partial charge in [0.05, 0.1) is 7.11 Å². The Morgan fingerprint density at radius 2 is 1.84 bits per heavy atom. The Hall–Kier alpha value is -3.71. The van der Waals surface area contributed by atoms with Crippen molar-refractivity contribution in [3.8, 4) is 17.2 Å². The number of fused-ring (bicyclic) bond motifs is 1. The van der Waals surface area contributed by atoms with Gasteiger partial charge < -0.3 is 14.5 Å². The Balaban J connectivity index is 1.48. The molecular weight excluding hydrogens is 410 g/mol. The molecule has 0 radical (unpaired) electrons. The molecule has 0 unspecified atom stereocenters. The monoisotopic (exact) mass is 431 g/mol. The zero-order chi connectivity index (χ0) is 22.0. The van der Waals surface area contributed by atoms with Crippen LogP contribution >= 0.6 is 12.2 Å². The molecule has 0 saturated heterocycles. The van der Waals surface area contributed by atoms with Gasteiger partial charge in [-0.1, -0.05) is 12.1 Å². The molecule has 0 spiro atoms. The van der Waals surface area contributed by atoms with Crippen LogP contribution in [0.5, 0.6) is 5.75 Å². The van der Waals surface area contributed by atoms with Crippen LogP contribution < -0.4 is 15.4 Å². The number of rotatable bonds is 4. The minimum absolute atomic E-state index is 0.193. The number of benzene rings is 3. The number of ether oxygens (including phenoxy) is 1. The average Bonchev–Trinajstić information content (AvgIpc) is 3.18. The van der Waals surface area contributed by atoms with Gasteiger partial charge in [0.15, 0.2) is 10.7 Å². The molecule has 2 N–H and O–H groups in total. The van der Waals surface area contributed by atoms with E-state index in [0.29, 0.717) is 34.0 Å². The number of oxazole rings is 1. The largest absolute Gasteiger partial charge is 0.497 e. The van der Waals surface area contributed by atoms with Crippen molar-refractivity contribution in [1.82, 2.24) is 10.3 Å². The predicted octanol–water partition coefficient (Wildman–Crippen LogP) is 5.25. The van der Waals surface area contributed by atoms with Crippen molar-refractivity contribution in [2.24, 2.45) is 0 Å². The quantitative estimate of drug-likeness (QED) is 0.430. The molecule has 0 aliphatic rings. The molecule has 0 atom stereocenters. The molecular formula is C24H21N3O3S. The van der Waals surface area contributed by atoms with Crippen LogP contribution in [0.3, 0.4) is 0 Å². The van der Waals surface area contributed by atoms with Gasteiger partial charge in [-0.15, -0.1) is 0 Å². The molecule has 156 valence electrons. The zero-order valence-electron chi connectivity index (χ0n) is 17.4. The summed E-state index contributed by atoms with van der Waals surface area (Å²) in [4.78, 5) is 17.0. The van der Waals surface area contributed by atoms with Gasteiger partial charge in [0.1, 0.15) is 11.3 Å². The van der Waals surface area contributed by atoms with E-state index in [1.165, 1.54) is 5.56 Å². The van der Waals surface area contributed by atoms with Gasteiger partial charge >= 0.3 is 0 Å². The van der Waals surface area contributed by atoms with Crippen LogP contribution in [-0.4, -0.2) is 23.1 Å². The van der Waals surface area contributed by atoms with Crippen LogP contribution in [0.15, 0.2) is 65.1 Å². The number of thiocarbonyl (C=S) groups is 1. The standard InChI is InChI=1S/C24H21N3O3S/c1-14-5-4-6-19(15(14)2)23-26-20-13-17(9-12-21(20)30-23)25-24(31)27-22(28)16-7-10-18(29-3)11-8-16/h4-13H,1-3H3,(H2,25,27,28,31). The summed E-state index contributed by atoms with van der Waals surface area (Å²) >= 11 is 5.29. The van der Waals surface area contributed by atoms with Gasteiger partial charge in [0.25, 0.3) is 5.91 Å². The number of aryl methyl sites for hydroxylation is 1. The van der Waals surface area contributed by atoms with Crippen LogP contribution in [0.2, 0.25) is 0 Å². The number of hydrogen-bond acceptors (Lipinski definition) is 5. The maximum Gasteiger partial charge on any atom is 0.257 e. The number of carbonyl (C=O) groups is 1. The molecule has 0 fully saturated rings. The Kier molecular flexibility index (Phi) is 5.68. The number of anilines is 1. The third-order valence-corrected chi connectivity index (χ3v) is 5.26. The topological polar surface area (TPSA) is 76.4 Å². The predicted molar refractivity (Wildman–Crippen MR) is 126 cm³/mol. The fraction of sp³-hybridized carbons (Fsp3) is 0.125. The lowest BCUT2D eigenvalue weighted by atomic mass is 10.0. The Labute approximate surface area is 185 Å². The molecule has 6 nitrogen and oxygen atoms in total. The molecule has 0 saturated carbocycles. The van der Waals surface area contributed by atoms with Crippen LogP contribution in [-0.2, 0) is 0 Å². The van der Waals surface area contributed by atoms with Gasteiger partial charge in [-0.05, 0) is 85.7 Å². The van der Waals surface area contributed by atoms with E-state index in [4.69, 9.17) is 21.4 Å². The van der Waals surface area contributed by atoms with Crippen LogP contribution in [0.25, 0.3) is 22.6 Å². The molecule has 4 aromatic rings. The first kappa shape index (κ1) is 20.6. The highest BCUT2D eigenvalue weighted by Crippen LogP contribution is 2.29. The number of amides is 1. The van der Waals surface area contributed by atoms with E-state index >= 15 is 0 Å². The van der Waals surface area contributed by atoms with Crippen molar-refractivity contribution in [1.29, 1.82) is 0 Å². The molecule has 4 rings (SSSR count). The summed E-state index contributed by atoms with van der Waals surface area (Å²) in [5.41, 5.74) is 5.84. The van der Waals surface area contributed by atoms with E-state index in [-0.39, 0.29) is 11.0 Å². The first-order valence-electron chi connectivity index (χ1n) is 9.68. The van der Waals surface area contributed by atoms with E-state index in [0.717, 1.165) is 11.1 Å². The highest BCUT2D eigenvalue weighted by atomic mass is 32.1. The van der Waals surface area contributed by atoms with E-state index in [1.807, 2.05) is 30.3 Å². The highest BCUT2D eigenvalue weighted by molar-refractivity contribution is 7.80. The SMILES string of the molecule is COc1ccc(C(=O)NC(=S)Nc2ccc3oc(-c4cccc(C)c4C)nc3c2)cc1. The van der Waals surface area contributed by atoms with E-state index in [2.05, 4.69) is 35.5 Å². The summed E-state index contributed by atoms with van der Waals surface area (Å²) in [6.45, 7) is 4.11. The van der Waals surface area contributed by atoms with Crippen LogP contribution in [0.4, 0.5) is 5.69 Å². The number of aromatic nitrogens is 1. The average molecular weight is 432 g/mol. The summed E-state index contributed by atoms with van der Waals surface area (Å²) in [6, 6.07) is 18.3. The third kappa shape index (κ3) is 4.41. The number of hydrogen-bond donors (Lipinski definition) is 2. The highest BCUT2D eigenvalue weighted by Gasteiger charge is 2.13. The second-order valence-electron chi connectivity index (χ2n) is 7.09. The molecule has 1 amide bonds. The summed E-state index contributed by atoms with van der Waals surface area (Å²) in [5.74, 6) is 0.946. The molecule has 1 heterocycles. The maximum atomic E-state index is 12.4. The lowest BCUT2D eigenvalue weighted by molar-refractivity contribution is 0.0977. The van der Waals surface area contributed by atoms with Gasteiger partial charge in [-0.2, -0.15) is 0 Å². The van der Waals surface area contributed by atoms with Crippen LogP contribution in [0.1, 0.15) is 21.5 Å². The Morgan fingerprint density at radius 3 is 2.58 bits per heavy atom. The molecule has 3 aromatic carbocycles. The molecule has 1 aromatic heterocycles. The van der Waals surface area contributed by atoms with Crippen molar-refractivity contribution in [3.05, 3.63) is 77.4 Å². The smallest absolute Gasteiger partial charge is 0.257 e. The van der Waals surface area contributed by atoms with Gasteiger partial charge in [0.2, 0.25) is 5.89 Å². The molecule has 0 aliphatic heterocycles. The summed E-state index contributed by atoms with van der Waals surface area (Å²) in [5, 5.41) is 5.88. The lowest BCUT2D eigenvalue weighted by Gasteiger charge is -2.09. The summed E-state index contributed by atoms with van der Waals surface area (Å²) in [6.07, 6.45) is 0. The van der Waals surface area contributed by atoms with Gasteiger partial charge in [0, 0.05) is 16.8 Å². The van der Waals surface area contributed by atoms with Crippen molar-refractivity contribution in [2.45, 2.75) is 13.8 Å². The normalized spacial score (nSPS) is 10.7. The number of methoxy groups -OCH3 is 1. The molecule has 31 heavy (non-hydrogen) atoms. The maximum absolute atomic E-state index is 12.4. The Morgan fingerprint density at radius 1 is 1.06 bits per heavy atom. The second kappa shape index (κ2) is 8.57. The van der Waals surface area contributed by atoms with E-state index in [1.54, 1.807) is 31.4 Å². The molecule has 0 bridgehead atoms. The zero-order valence-corrected chi connectivity index (χ0v) is 18.2. The molecule has 0 aliphatic carbocycles. The first-order chi connectivity index (χ1) is 14.9. The second-order valence-corrected chi connectivity index (χ2v) is 7.49.